The van der Waals surface area contributed by atoms with Crippen molar-refractivity contribution in [3.63, 3.8) is 0 Å². The van der Waals surface area contributed by atoms with Crippen LogP contribution in [-0.4, -0.2) is 10.8 Å². The third kappa shape index (κ3) is 3.46. The van der Waals surface area contributed by atoms with E-state index < -0.39 is 0 Å². The minimum Gasteiger partial charge on any atom is -0.489 e. The fraction of sp³-hybridized carbons (Fsp3) is 0.100. The molecule has 3 rings (SSSR count). The van der Waals surface area contributed by atoms with E-state index in [0.29, 0.717) is 17.9 Å². The van der Waals surface area contributed by atoms with Crippen molar-refractivity contribution in [2.75, 3.05) is 0 Å². The number of aryl methyl sites for hydroxylation is 1. The first kappa shape index (κ1) is 15.0. The number of carbonyl (C=O) groups excluding carboxylic acids is 1. The average molecular weight is 303 g/mol. The molecule has 0 unspecified atom stereocenters. The van der Waals surface area contributed by atoms with Gasteiger partial charge in [-0.25, -0.2) is 0 Å². The number of ketones is 1. The van der Waals surface area contributed by atoms with Crippen LogP contribution in [0.15, 0.2) is 72.9 Å². The van der Waals surface area contributed by atoms with Crippen LogP contribution in [-0.2, 0) is 6.61 Å². The van der Waals surface area contributed by atoms with E-state index >= 15 is 0 Å². The Kier molecular flexibility index (Phi) is 4.48. The van der Waals surface area contributed by atoms with Gasteiger partial charge in [-0.05, 0) is 30.7 Å². The second-order valence-corrected chi connectivity index (χ2v) is 5.26. The van der Waals surface area contributed by atoms with Crippen LogP contribution in [0.4, 0.5) is 0 Å². The Morgan fingerprint density at radius 1 is 0.957 bits per heavy atom. The summed E-state index contributed by atoms with van der Waals surface area (Å²) in [5.74, 6) is 0.738. The van der Waals surface area contributed by atoms with Crippen molar-refractivity contribution in [2.45, 2.75) is 13.5 Å². The van der Waals surface area contributed by atoms with E-state index in [-0.39, 0.29) is 5.78 Å². The van der Waals surface area contributed by atoms with Gasteiger partial charge in [0.1, 0.15) is 18.1 Å². The van der Waals surface area contributed by atoms with E-state index in [1.54, 1.807) is 18.3 Å². The molecule has 0 saturated carbocycles. The maximum Gasteiger partial charge on any atom is 0.211 e. The van der Waals surface area contributed by atoms with Crippen molar-refractivity contribution in [3.8, 4) is 5.75 Å². The second kappa shape index (κ2) is 6.88. The largest absolute Gasteiger partial charge is 0.489 e. The van der Waals surface area contributed by atoms with E-state index in [4.69, 9.17) is 4.74 Å². The zero-order valence-corrected chi connectivity index (χ0v) is 12.9. The SMILES string of the molecule is Cc1ccccc1OCc1ccccc1C(=O)c1ccccn1. The number of para-hydroxylation sites is 1. The van der Waals surface area contributed by atoms with E-state index in [1.807, 2.05) is 61.5 Å². The molecule has 2 aromatic carbocycles. The van der Waals surface area contributed by atoms with Crippen molar-refractivity contribution in [3.05, 3.63) is 95.3 Å². The summed E-state index contributed by atoms with van der Waals surface area (Å²) in [6.07, 6.45) is 1.62. The van der Waals surface area contributed by atoms with Gasteiger partial charge in [0.25, 0.3) is 0 Å². The fourth-order valence-corrected chi connectivity index (χ4v) is 2.38. The lowest BCUT2D eigenvalue weighted by Crippen LogP contribution is -2.09. The monoisotopic (exact) mass is 303 g/mol. The Morgan fingerprint density at radius 2 is 1.70 bits per heavy atom. The third-order valence-corrected chi connectivity index (χ3v) is 3.64. The lowest BCUT2D eigenvalue weighted by molar-refractivity contribution is 0.103. The molecule has 0 aliphatic heterocycles. The Morgan fingerprint density at radius 3 is 2.48 bits per heavy atom. The standard InChI is InChI=1S/C20H17NO2/c1-15-8-2-5-12-19(15)23-14-16-9-3-4-10-17(16)20(22)18-11-6-7-13-21-18/h2-13H,14H2,1H3. The molecule has 0 fully saturated rings. The molecule has 0 N–H and O–H groups in total. The number of hydrogen-bond donors (Lipinski definition) is 0. The molecular weight excluding hydrogens is 286 g/mol. The minimum atomic E-state index is -0.0883. The quantitative estimate of drug-likeness (QED) is 0.663. The van der Waals surface area contributed by atoms with Crippen LogP contribution < -0.4 is 4.74 Å². The molecule has 23 heavy (non-hydrogen) atoms. The Hall–Kier alpha value is -2.94. The zero-order valence-electron chi connectivity index (χ0n) is 12.9. The summed E-state index contributed by atoms with van der Waals surface area (Å²) in [4.78, 5) is 16.8. The number of pyridine rings is 1. The molecule has 1 aromatic heterocycles. The molecule has 0 bridgehead atoms. The van der Waals surface area contributed by atoms with Crippen LogP contribution in [0, 0.1) is 6.92 Å². The third-order valence-electron chi connectivity index (χ3n) is 3.64. The van der Waals surface area contributed by atoms with Gasteiger partial charge in [0, 0.05) is 17.3 Å². The van der Waals surface area contributed by atoms with Crippen LogP contribution >= 0.6 is 0 Å². The highest BCUT2D eigenvalue weighted by atomic mass is 16.5. The van der Waals surface area contributed by atoms with Gasteiger partial charge in [-0.15, -0.1) is 0 Å². The highest BCUT2D eigenvalue weighted by Crippen LogP contribution is 2.20. The van der Waals surface area contributed by atoms with E-state index in [1.165, 1.54) is 0 Å². The average Bonchev–Trinajstić information content (AvgIpc) is 2.61. The molecular formula is C20H17NO2. The summed E-state index contributed by atoms with van der Waals surface area (Å²) in [7, 11) is 0. The molecule has 0 amide bonds. The molecule has 1 heterocycles. The summed E-state index contributed by atoms with van der Waals surface area (Å²) in [6.45, 7) is 2.35. The Bertz CT molecular complexity index is 813. The summed E-state index contributed by atoms with van der Waals surface area (Å²) >= 11 is 0. The van der Waals surface area contributed by atoms with Gasteiger partial charge < -0.3 is 4.74 Å². The summed E-state index contributed by atoms with van der Waals surface area (Å²) in [6, 6.07) is 20.7. The number of benzene rings is 2. The molecule has 0 radical (unpaired) electrons. The molecule has 0 atom stereocenters. The molecule has 0 aliphatic rings. The van der Waals surface area contributed by atoms with Gasteiger partial charge >= 0.3 is 0 Å². The van der Waals surface area contributed by atoms with E-state index in [9.17, 15) is 4.79 Å². The van der Waals surface area contributed by atoms with Gasteiger partial charge in [0.05, 0.1) is 0 Å². The summed E-state index contributed by atoms with van der Waals surface area (Å²) in [5, 5.41) is 0. The molecule has 0 aliphatic carbocycles. The van der Waals surface area contributed by atoms with Crippen LogP contribution in [0.1, 0.15) is 27.2 Å². The maximum absolute atomic E-state index is 12.6. The predicted octanol–water partition coefficient (Wildman–Crippen LogP) is 4.20. The first-order chi connectivity index (χ1) is 11.3. The van der Waals surface area contributed by atoms with Gasteiger partial charge in [0.15, 0.2) is 0 Å². The highest BCUT2D eigenvalue weighted by molar-refractivity contribution is 6.08. The normalized spacial score (nSPS) is 10.3. The summed E-state index contributed by atoms with van der Waals surface area (Å²) in [5.41, 5.74) is 2.99. The van der Waals surface area contributed by atoms with Crippen LogP contribution in [0.2, 0.25) is 0 Å². The smallest absolute Gasteiger partial charge is 0.211 e. The number of hydrogen-bond acceptors (Lipinski definition) is 3. The Balaban J connectivity index is 1.84. The number of ether oxygens (including phenoxy) is 1. The number of aromatic nitrogens is 1. The number of rotatable bonds is 5. The van der Waals surface area contributed by atoms with Crippen molar-refractivity contribution in [2.24, 2.45) is 0 Å². The molecule has 0 saturated heterocycles. The molecule has 114 valence electrons. The van der Waals surface area contributed by atoms with Crippen LogP contribution in [0.3, 0.4) is 0 Å². The molecule has 3 nitrogen and oxygen atoms in total. The lowest BCUT2D eigenvalue weighted by atomic mass is 10.0. The van der Waals surface area contributed by atoms with Gasteiger partial charge in [-0.1, -0.05) is 48.5 Å². The lowest BCUT2D eigenvalue weighted by Gasteiger charge is -2.11. The van der Waals surface area contributed by atoms with Gasteiger partial charge in [-0.2, -0.15) is 0 Å². The maximum atomic E-state index is 12.6. The summed E-state index contributed by atoms with van der Waals surface area (Å²) < 4.78 is 5.88. The Labute approximate surface area is 135 Å². The highest BCUT2D eigenvalue weighted by Gasteiger charge is 2.14. The second-order valence-electron chi connectivity index (χ2n) is 5.26. The number of carbonyl (C=O) groups is 1. The van der Waals surface area contributed by atoms with Crippen molar-refractivity contribution in [1.29, 1.82) is 0 Å². The van der Waals surface area contributed by atoms with Crippen LogP contribution in [0.25, 0.3) is 0 Å². The first-order valence-electron chi connectivity index (χ1n) is 7.48. The molecule has 0 spiro atoms. The van der Waals surface area contributed by atoms with Crippen molar-refractivity contribution < 1.29 is 9.53 Å². The van der Waals surface area contributed by atoms with Gasteiger partial charge in [-0.3, -0.25) is 9.78 Å². The topological polar surface area (TPSA) is 39.2 Å². The molecule has 3 heteroatoms. The first-order valence-corrected chi connectivity index (χ1v) is 7.48. The van der Waals surface area contributed by atoms with E-state index in [0.717, 1.165) is 16.9 Å². The molecule has 3 aromatic rings. The van der Waals surface area contributed by atoms with Crippen molar-refractivity contribution in [1.82, 2.24) is 4.98 Å². The van der Waals surface area contributed by atoms with Crippen LogP contribution in [0.5, 0.6) is 5.75 Å². The zero-order chi connectivity index (χ0) is 16.1. The fourth-order valence-electron chi connectivity index (χ4n) is 2.38. The number of nitrogens with zero attached hydrogens (tertiary/aromatic N) is 1. The predicted molar refractivity (Wildman–Crippen MR) is 89.6 cm³/mol. The van der Waals surface area contributed by atoms with E-state index in [2.05, 4.69) is 4.98 Å². The van der Waals surface area contributed by atoms with Crippen molar-refractivity contribution >= 4 is 5.78 Å². The van der Waals surface area contributed by atoms with Gasteiger partial charge in [0.2, 0.25) is 5.78 Å². The minimum absolute atomic E-state index is 0.0883.